The molecule has 1 aromatic heterocycles. The van der Waals surface area contributed by atoms with E-state index in [1.165, 1.54) is 4.68 Å². The Balaban J connectivity index is 1.80. The predicted octanol–water partition coefficient (Wildman–Crippen LogP) is 3.59. The lowest BCUT2D eigenvalue weighted by molar-refractivity contribution is 0.106. The van der Waals surface area contributed by atoms with Crippen LogP contribution < -0.4 is 5.43 Å². The number of rotatable bonds is 4. The van der Waals surface area contributed by atoms with E-state index in [2.05, 4.69) is 20.8 Å². The minimum atomic E-state index is -0.246. The molecule has 126 valence electrons. The van der Waals surface area contributed by atoms with Crippen molar-refractivity contribution in [1.82, 2.24) is 15.0 Å². The van der Waals surface area contributed by atoms with E-state index in [-0.39, 0.29) is 11.6 Å². The Morgan fingerprint density at radius 2 is 1.50 bits per heavy atom. The predicted molar refractivity (Wildman–Crippen MR) is 101 cm³/mol. The van der Waals surface area contributed by atoms with Crippen molar-refractivity contribution in [2.24, 2.45) is 5.10 Å². The van der Waals surface area contributed by atoms with Crippen molar-refractivity contribution in [3.8, 4) is 0 Å². The topological polar surface area (TPSA) is 72.2 Å². The van der Waals surface area contributed by atoms with Gasteiger partial charge in [-0.2, -0.15) is 9.78 Å². The average Bonchev–Trinajstić information content (AvgIpc) is 3.13. The summed E-state index contributed by atoms with van der Waals surface area (Å²) < 4.78 is 1.46. The Morgan fingerprint density at radius 3 is 2.27 bits per heavy atom. The maximum atomic E-state index is 13.0. The maximum absolute atomic E-state index is 13.0. The number of benzene rings is 3. The van der Waals surface area contributed by atoms with Crippen LogP contribution in [0.5, 0.6) is 0 Å². The van der Waals surface area contributed by atoms with Crippen LogP contribution >= 0.6 is 0 Å². The molecule has 0 fully saturated rings. The molecule has 26 heavy (non-hydrogen) atoms. The lowest BCUT2D eigenvalue weighted by Crippen LogP contribution is -2.25. The highest BCUT2D eigenvalue weighted by atomic mass is 16.1. The van der Waals surface area contributed by atoms with Crippen LogP contribution in [-0.4, -0.2) is 26.6 Å². The quantitative estimate of drug-likeness (QED) is 0.266. The summed E-state index contributed by atoms with van der Waals surface area (Å²) in [5, 5.41) is 12.6. The van der Waals surface area contributed by atoms with Gasteiger partial charge in [0, 0.05) is 5.56 Å². The SMILES string of the molecule is O=C(/C(=N\Nc1ccccc1)n1nnc2ccccc21)c1ccccc1. The minimum Gasteiger partial charge on any atom is -0.285 e. The van der Waals surface area contributed by atoms with E-state index in [1.54, 1.807) is 12.1 Å². The average molecular weight is 341 g/mol. The second-order valence-electron chi connectivity index (χ2n) is 5.60. The molecule has 3 aromatic carbocycles. The molecule has 0 aliphatic heterocycles. The number of hydrogen-bond acceptors (Lipinski definition) is 5. The Labute approximate surface area is 149 Å². The molecule has 0 spiro atoms. The van der Waals surface area contributed by atoms with Gasteiger partial charge in [-0.3, -0.25) is 10.2 Å². The summed E-state index contributed by atoms with van der Waals surface area (Å²) in [5.74, 6) is -0.0987. The van der Waals surface area contributed by atoms with Crippen molar-refractivity contribution in [2.45, 2.75) is 0 Å². The number of anilines is 1. The third-order valence-electron chi connectivity index (χ3n) is 3.86. The van der Waals surface area contributed by atoms with E-state index in [0.717, 1.165) is 5.69 Å². The minimum absolute atomic E-state index is 0.147. The van der Waals surface area contributed by atoms with Crippen molar-refractivity contribution >= 4 is 28.3 Å². The molecule has 0 amide bonds. The fraction of sp³-hybridized carbons (Fsp3) is 0. The van der Waals surface area contributed by atoms with Crippen LogP contribution in [0, 0.1) is 0 Å². The molecule has 4 aromatic rings. The molecule has 0 unspecified atom stereocenters. The molecular weight excluding hydrogens is 326 g/mol. The Hall–Kier alpha value is -3.80. The smallest absolute Gasteiger partial charge is 0.232 e. The lowest BCUT2D eigenvalue weighted by Gasteiger charge is -2.08. The summed E-state index contributed by atoms with van der Waals surface area (Å²) in [5.41, 5.74) is 5.64. The molecule has 0 atom stereocenters. The van der Waals surface area contributed by atoms with Gasteiger partial charge in [-0.25, -0.2) is 0 Å². The fourth-order valence-corrected chi connectivity index (χ4v) is 2.57. The Morgan fingerprint density at radius 1 is 0.846 bits per heavy atom. The first-order chi connectivity index (χ1) is 12.8. The molecule has 0 aliphatic carbocycles. The Kier molecular flexibility index (Phi) is 4.22. The second kappa shape index (κ2) is 6.98. The van der Waals surface area contributed by atoms with E-state index in [4.69, 9.17) is 0 Å². The third-order valence-corrected chi connectivity index (χ3v) is 3.86. The summed E-state index contributed by atoms with van der Waals surface area (Å²) in [4.78, 5) is 13.0. The van der Waals surface area contributed by atoms with Crippen molar-refractivity contribution in [3.63, 3.8) is 0 Å². The standard InChI is InChI=1S/C20H15N5O/c26-19(15-9-3-1-4-10-15)20(23-21-16-11-5-2-6-12-16)25-18-14-8-7-13-17(18)22-24-25/h1-14,21H/b23-20+. The van der Waals surface area contributed by atoms with Gasteiger partial charge in [0.2, 0.25) is 11.6 Å². The number of Topliss-reactive ketones (excluding diaryl/α,β-unsaturated/α-hetero) is 1. The van der Waals surface area contributed by atoms with Gasteiger partial charge in [-0.1, -0.05) is 65.9 Å². The number of hydrogen-bond donors (Lipinski definition) is 1. The van der Waals surface area contributed by atoms with Crippen molar-refractivity contribution < 1.29 is 4.79 Å². The molecule has 4 rings (SSSR count). The number of fused-ring (bicyclic) bond motifs is 1. The molecule has 6 heteroatoms. The summed E-state index contributed by atoms with van der Waals surface area (Å²) in [6.45, 7) is 0. The second-order valence-corrected chi connectivity index (χ2v) is 5.60. The number of para-hydroxylation sites is 2. The van der Waals surface area contributed by atoms with Gasteiger partial charge in [0.15, 0.2) is 0 Å². The van der Waals surface area contributed by atoms with Crippen LogP contribution in [0.3, 0.4) is 0 Å². The van der Waals surface area contributed by atoms with E-state index < -0.39 is 0 Å². The summed E-state index contributed by atoms with van der Waals surface area (Å²) >= 11 is 0. The number of aromatic nitrogens is 3. The Bertz CT molecular complexity index is 1070. The zero-order valence-electron chi connectivity index (χ0n) is 13.8. The highest BCUT2D eigenvalue weighted by molar-refractivity contribution is 6.46. The molecule has 0 bridgehead atoms. The van der Waals surface area contributed by atoms with Crippen LogP contribution in [0.2, 0.25) is 0 Å². The van der Waals surface area contributed by atoms with Gasteiger partial charge in [0.25, 0.3) is 0 Å². The first-order valence-electron chi connectivity index (χ1n) is 8.12. The molecule has 0 radical (unpaired) electrons. The number of carbonyl (C=O) groups is 1. The molecule has 1 heterocycles. The molecule has 6 nitrogen and oxygen atoms in total. The van der Waals surface area contributed by atoms with Crippen LogP contribution in [0.15, 0.2) is 90.0 Å². The van der Waals surface area contributed by atoms with Crippen LogP contribution in [0.25, 0.3) is 11.0 Å². The largest absolute Gasteiger partial charge is 0.285 e. The summed E-state index contributed by atoms with van der Waals surface area (Å²) in [6.07, 6.45) is 0. The van der Waals surface area contributed by atoms with Crippen LogP contribution in [0.1, 0.15) is 10.4 Å². The van der Waals surface area contributed by atoms with Crippen molar-refractivity contribution in [2.75, 3.05) is 5.43 Å². The zero-order valence-corrected chi connectivity index (χ0v) is 13.8. The van der Waals surface area contributed by atoms with Crippen molar-refractivity contribution in [1.29, 1.82) is 0 Å². The van der Waals surface area contributed by atoms with Gasteiger partial charge in [-0.15, -0.1) is 5.10 Å². The van der Waals surface area contributed by atoms with E-state index in [9.17, 15) is 4.79 Å². The molecular formula is C20H15N5O. The zero-order chi connectivity index (χ0) is 17.8. The van der Waals surface area contributed by atoms with Crippen LogP contribution in [0.4, 0.5) is 5.69 Å². The number of nitrogens with zero attached hydrogens (tertiary/aromatic N) is 4. The monoisotopic (exact) mass is 341 g/mol. The lowest BCUT2D eigenvalue weighted by atomic mass is 10.1. The van der Waals surface area contributed by atoms with Crippen molar-refractivity contribution in [3.05, 3.63) is 90.5 Å². The van der Waals surface area contributed by atoms with E-state index >= 15 is 0 Å². The first kappa shape index (κ1) is 15.7. The molecule has 0 saturated heterocycles. The number of ketones is 1. The van der Waals surface area contributed by atoms with Gasteiger partial charge < -0.3 is 0 Å². The fourth-order valence-electron chi connectivity index (χ4n) is 2.57. The van der Waals surface area contributed by atoms with Gasteiger partial charge in [0.05, 0.1) is 11.2 Å². The first-order valence-corrected chi connectivity index (χ1v) is 8.12. The van der Waals surface area contributed by atoms with E-state index in [0.29, 0.717) is 16.6 Å². The highest BCUT2D eigenvalue weighted by Gasteiger charge is 2.20. The number of carbonyl (C=O) groups excluding carboxylic acids is 1. The van der Waals surface area contributed by atoms with Gasteiger partial charge in [0.1, 0.15) is 5.52 Å². The van der Waals surface area contributed by atoms with Gasteiger partial charge >= 0.3 is 0 Å². The van der Waals surface area contributed by atoms with E-state index in [1.807, 2.05) is 72.8 Å². The summed E-state index contributed by atoms with van der Waals surface area (Å²) in [6, 6.07) is 25.9. The molecule has 1 N–H and O–H groups in total. The molecule has 0 saturated carbocycles. The number of hydrazone groups is 1. The van der Waals surface area contributed by atoms with Crippen LogP contribution in [-0.2, 0) is 0 Å². The normalized spacial score (nSPS) is 11.5. The third kappa shape index (κ3) is 3.08. The molecule has 0 aliphatic rings. The highest BCUT2D eigenvalue weighted by Crippen LogP contribution is 2.13. The van der Waals surface area contributed by atoms with Gasteiger partial charge in [-0.05, 0) is 24.3 Å². The number of nitrogens with one attached hydrogen (secondary N) is 1. The maximum Gasteiger partial charge on any atom is 0.232 e. The summed E-state index contributed by atoms with van der Waals surface area (Å²) in [7, 11) is 0.